The topological polar surface area (TPSA) is 235 Å². The first-order valence-electron chi connectivity index (χ1n) is 9.99. The molecule has 31 heavy (non-hydrogen) atoms. The number of aliphatic hydroxyl groups is 1. The van der Waals surface area contributed by atoms with E-state index in [2.05, 4.69) is 20.9 Å². The number of hydrogen-bond acceptors (Lipinski definition) is 7. The average molecular weight is 446 g/mol. The minimum atomic E-state index is -1.37. The van der Waals surface area contributed by atoms with E-state index in [0.717, 1.165) is 0 Å². The van der Waals surface area contributed by atoms with Crippen LogP contribution in [0, 0.1) is 5.92 Å². The zero-order chi connectivity index (χ0) is 24.1. The smallest absolute Gasteiger partial charge is 0.322 e. The van der Waals surface area contributed by atoms with Gasteiger partial charge in [0.25, 0.3) is 0 Å². The molecule has 0 bridgehead atoms. The molecule has 11 N–H and O–H groups in total. The second-order valence-corrected chi connectivity index (χ2v) is 7.27. The molecular weight excluding hydrogens is 410 g/mol. The highest BCUT2D eigenvalue weighted by Gasteiger charge is 2.32. The van der Waals surface area contributed by atoms with Gasteiger partial charge in [0.05, 0.1) is 12.1 Å². The average Bonchev–Trinajstić information content (AvgIpc) is 2.69. The molecule has 0 saturated heterocycles. The summed E-state index contributed by atoms with van der Waals surface area (Å²) in [5, 5.41) is 25.8. The van der Waals surface area contributed by atoms with E-state index in [4.69, 9.17) is 22.3 Å². The number of aliphatic hydroxyl groups excluding tert-OH is 1. The monoisotopic (exact) mass is 445 g/mol. The summed E-state index contributed by atoms with van der Waals surface area (Å²) in [5.41, 5.74) is 16.2. The second kappa shape index (κ2) is 14.1. The molecule has 5 unspecified atom stereocenters. The Kier molecular flexibility index (Phi) is 12.8. The Morgan fingerprint density at radius 1 is 1.00 bits per heavy atom. The predicted molar refractivity (Wildman–Crippen MR) is 114 cm³/mol. The molecule has 0 aliphatic carbocycles. The van der Waals surface area contributed by atoms with Crippen molar-refractivity contribution >= 4 is 29.7 Å². The molecule has 0 radical (unpaired) electrons. The van der Waals surface area contributed by atoms with Gasteiger partial charge in [0, 0.05) is 6.54 Å². The number of carbonyl (C=O) groups excluding carboxylic acids is 3. The molecule has 5 atom stereocenters. The first kappa shape index (κ1) is 28.1. The van der Waals surface area contributed by atoms with E-state index in [0.29, 0.717) is 12.8 Å². The van der Waals surface area contributed by atoms with Crippen molar-refractivity contribution in [1.29, 1.82) is 0 Å². The third kappa shape index (κ3) is 11.1. The fourth-order valence-corrected chi connectivity index (χ4v) is 2.53. The Morgan fingerprint density at radius 3 is 2.06 bits per heavy atom. The number of carboxylic acid groups (broad SMARTS) is 1. The number of hydrogen-bond donors (Lipinski definition) is 8. The molecule has 0 aromatic rings. The van der Waals surface area contributed by atoms with Gasteiger partial charge in [-0.2, -0.15) is 0 Å². The second-order valence-electron chi connectivity index (χ2n) is 7.27. The summed E-state index contributed by atoms with van der Waals surface area (Å²) < 4.78 is 0. The molecule has 13 nitrogen and oxygen atoms in total. The Morgan fingerprint density at radius 2 is 1.58 bits per heavy atom. The van der Waals surface area contributed by atoms with Gasteiger partial charge >= 0.3 is 5.97 Å². The van der Waals surface area contributed by atoms with Gasteiger partial charge in [-0.25, -0.2) is 0 Å². The molecule has 0 aliphatic rings. The third-order valence-electron chi connectivity index (χ3n) is 4.57. The van der Waals surface area contributed by atoms with Gasteiger partial charge in [-0.15, -0.1) is 0 Å². The highest BCUT2D eigenvalue weighted by Crippen LogP contribution is 2.09. The van der Waals surface area contributed by atoms with Crippen molar-refractivity contribution in [3.8, 4) is 0 Å². The number of nitrogens with one attached hydrogen (secondary N) is 3. The molecule has 0 heterocycles. The molecule has 3 amide bonds. The molecule has 0 saturated carbocycles. The van der Waals surface area contributed by atoms with Crippen molar-refractivity contribution in [2.45, 2.75) is 64.3 Å². The number of rotatable bonds is 14. The van der Waals surface area contributed by atoms with Gasteiger partial charge in [-0.05, 0) is 25.7 Å². The van der Waals surface area contributed by atoms with Crippen LogP contribution >= 0.6 is 0 Å². The maximum atomic E-state index is 12.7. The quantitative estimate of drug-likeness (QED) is 0.0769. The largest absolute Gasteiger partial charge is 0.480 e. The summed E-state index contributed by atoms with van der Waals surface area (Å²) in [6.45, 7) is 4.48. The normalized spacial score (nSPS) is 15.5. The minimum Gasteiger partial charge on any atom is -0.480 e. The van der Waals surface area contributed by atoms with E-state index < -0.39 is 54.5 Å². The van der Waals surface area contributed by atoms with Crippen LogP contribution in [0.1, 0.15) is 40.0 Å². The highest BCUT2D eigenvalue weighted by atomic mass is 16.4. The number of guanidine groups is 1. The van der Waals surface area contributed by atoms with Crippen LogP contribution in [-0.2, 0) is 19.2 Å². The van der Waals surface area contributed by atoms with Crippen LogP contribution in [0.5, 0.6) is 0 Å². The lowest BCUT2D eigenvalue weighted by atomic mass is 9.97. The Bertz CT molecular complexity index is 651. The fourth-order valence-electron chi connectivity index (χ4n) is 2.53. The Labute approximate surface area is 181 Å². The summed E-state index contributed by atoms with van der Waals surface area (Å²) in [6, 6.07) is -3.38. The lowest BCUT2D eigenvalue weighted by Crippen LogP contribution is -2.60. The van der Waals surface area contributed by atoms with E-state index in [-0.39, 0.29) is 24.8 Å². The van der Waals surface area contributed by atoms with Crippen molar-refractivity contribution in [3.63, 3.8) is 0 Å². The Hall–Kier alpha value is -2.93. The number of aliphatic carboxylic acids is 1. The minimum absolute atomic E-state index is 0.0767. The first-order chi connectivity index (χ1) is 14.4. The van der Waals surface area contributed by atoms with Gasteiger partial charge in [0.1, 0.15) is 18.6 Å². The van der Waals surface area contributed by atoms with Crippen LogP contribution in [0.2, 0.25) is 0 Å². The van der Waals surface area contributed by atoms with Crippen molar-refractivity contribution < 1.29 is 29.4 Å². The summed E-state index contributed by atoms with van der Waals surface area (Å²) in [7, 11) is 0. The number of aliphatic imine (C=N–C) groups is 1. The highest BCUT2D eigenvalue weighted by molar-refractivity contribution is 5.94. The number of amides is 3. The lowest BCUT2D eigenvalue weighted by Gasteiger charge is -2.28. The van der Waals surface area contributed by atoms with Crippen molar-refractivity contribution in [2.75, 3.05) is 13.1 Å². The van der Waals surface area contributed by atoms with Crippen LogP contribution in [0.4, 0.5) is 0 Å². The predicted octanol–water partition coefficient (Wildman–Crippen LogP) is -3.04. The van der Waals surface area contributed by atoms with Crippen molar-refractivity contribution in [2.24, 2.45) is 28.1 Å². The zero-order valence-corrected chi connectivity index (χ0v) is 18.1. The van der Waals surface area contributed by atoms with Gasteiger partial charge in [0.2, 0.25) is 17.7 Å². The third-order valence-corrected chi connectivity index (χ3v) is 4.57. The molecule has 0 fully saturated rings. The van der Waals surface area contributed by atoms with Crippen molar-refractivity contribution in [3.05, 3.63) is 0 Å². The Balaban J connectivity index is 5.09. The standard InChI is InChI=1S/C18H35N7O6/c1-4-9(2)13(16(30)23-8-12(27)28)24-17(31)14(10(3)26)25-15(29)11(19)6-5-7-22-18(20)21/h9-11,13-14,26H,4-8,19H2,1-3H3,(H,23,30)(H,24,31)(H,25,29)(H,27,28)(H4,20,21,22). The van der Waals surface area contributed by atoms with Crippen LogP contribution < -0.4 is 33.2 Å². The van der Waals surface area contributed by atoms with Crippen LogP contribution in [-0.4, -0.2) is 77.2 Å². The summed E-state index contributed by atoms with van der Waals surface area (Å²) in [6.07, 6.45) is -0.100. The molecular formula is C18H35N7O6. The molecule has 0 spiro atoms. The van der Waals surface area contributed by atoms with Crippen LogP contribution in [0.25, 0.3) is 0 Å². The van der Waals surface area contributed by atoms with E-state index in [9.17, 15) is 24.3 Å². The number of carboxylic acids is 1. The molecule has 0 aliphatic heterocycles. The summed E-state index contributed by atoms with van der Waals surface area (Å²) >= 11 is 0. The zero-order valence-electron chi connectivity index (χ0n) is 18.1. The van der Waals surface area contributed by atoms with Gasteiger partial charge in [-0.3, -0.25) is 24.2 Å². The van der Waals surface area contributed by atoms with Gasteiger partial charge < -0.3 is 43.4 Å². The summed E-state index contributed by atoms with van der Waals surface area (Å²) in [5.74, 6) is -3.79. The maximum absolute atomic E-state index is 12.7. The van der Waals surface area contributed by atoms with E-state index in [1.54, 1.807) is 13.8 Å². The van der Waals surface area contributed by atoms with Gasteiger partial charge in [-0.1, -0.05) is 20.3 Å². The number of carbonyl (C=O) groups is 4. The molecule has 0 aromatic carbocycles. The van der Waals surface area contributed by atoms with Crippen LogP contribution in [0.3, 0.4) is 0 Å². The molecule has 0 rings (SSSR count). The molecule has 13 heteroatoms. The lowest BCUT2D eigenvalue weighted by molar-refractivity contribution is -0.139. The van der Waals surface area contributed by atoms with E-state index in [1.807, 2.05) is 0 Å². The SMILES string of the molecule is CCC(C)C(NC(=O)C(NC(=O)C(N)CCCN=C(N)N)C(C)O)C(=O)NCC(=O)O. The number of nitrogens with two attached hydrogens (primary N) is 3. The van der Waals surface area contributed by atoms with E-state index >= 15 is 0 Å². The fraction of sp³-hybridized carbons (Fsp3) is 0.722. The molecule has 178 valence electrons. The first-order valence-corrected chi connectivity index (χ1v) is 9.99. The van der Waals surface area contributed by atoms with Crippen molar-refractivity contribution in [1.82, 2.24) is 16.0 Å². The van der Waals surface area contributed by atoms with E-state index in [1.165, 1.54) is 6.92 Å². The van der Waals surface area contributed by atoms with Gasteiger partial charge in [0.15, 0.2) is 5.96 Å². The summed E-state index contributed by atoms with van der Waals surface area (Å²) in [4.78, 5) is 51.8. The number of nitrogens with zero attached hydrogens (tertiary/aromatic N) is 1. The molecule has 0 aromatic heterocycles. The maximum Gasteiger partial charge on any atom is 0.322 e. The van der Waals surface area contributed by atoms with Crippen LogP contribution in [0.15, 0.2) is 4.99 Å².